The molecule has 1 amide bonds. The molecule has 1 aliphatic rings. The summed E-state index contributed by atoms with van der Waals surface area (Å²) in [6, 6.07) is 2.03. The predicted octanol–water partition coefficient (Wildman–Crippen LogP) is 2.15. The third kappa shape index (κ3) is 3.32. The van der Waals surface area contributed by atoms with E-state index in [2.05, 4.69) is 0 Å². The smallest absolute Gasteiger partial charge is 0.323 e. The van der Waals surface area contributed by atoms with Gasteiger partial charge in [0.2, 0.25) is 5.91 Å². The van der Waals surface area contributed by atoms with Crippen LogP contribution in [0.2, 0.25) is 0 Å². The first-order valence-corrected chi connectivity index (χ1v) is 7.13. The van der Waals surface area contributed by atoms with E-state index >= 15 is 0 Å². The number of thiophene rings is 1. The maximum Gasteiger partial charge on any atom is 0.323 e. The van der Waals surface area contributed by atoms with Crippen LogP contribution in [-0.4, -0.2) is 34.5 Å². The molecular formula is C13H17NO3S. The molecule has 0 radical (unpaired) electrons. The highest BCUT2D eigenvalue weighted by atomic mass is 32.1. The summed E-state index contributed by atoms with van der Waals surface area (Å²) in [5.74, 6) is -0.997. The van der Waals surface area contributed by atoms with Gasteiger partial charge in [-0.2, -0.15) is 11.3 Å². The molecule has 5 heteroatoms. The predicted molar refractivity (Wildman–Crippen MR) is 69.6 cm³/mol. The molecule has 0 bridgehead atoms. The molecule has 1 aliphatic carbocycles. The van der Waals surface area contributed by atoms with Crippen LogP contribution in [0.4, 0.5) is 0 Å². The lowest BCUT2D eigenvalue weighted by atomic mass is 10.1. The Bertz CT molecular complexity index is 410. The van der Waals surface area contributed by atoms with Crippen molar-refractivity contribution in [2.24, 2.45) is 0 Å². The fourth-order valence-corrected chi connectivity index (χ4v) is 3.12. The van der Waals surface area contributed by atoms with Crippen LogP contribution in [-0.2, 0) is 16.0 Å². The first kappa shape index (κ1) is 13.1. The van der Waals surface area contributed by atoms with Crippen LogP contribution in [0, 0.1) is 0 Å². The van der Waals surface area contributed by atoms with E-state index in [9.17, 15) is 9.59 Å². The van der Waals surface area contributed by atoms with Crippen molar-refractivity contribution in [3.63, 3.8) is 0 Å². The summed E-state index contributed by atoms with van der Waals surface area (Å²) >= 11 is 1.55. The van der Waals surface area contributed by atoms with Gasteiger partial charge in [0.15, 0.2) is 0 Å². The van der Waals surface area contributed by atoms with E-state index in [1.165, 1.54) is 0 Å². The quantitative estimate of drug-likeness (QED) is 0.889. The van der Waals surface area contributed by atoms with Crippen molar-refractivity contribution in [2.75, 3.05) is 6.54 Å². The standard InChI is InChI=1S/C13H17NO3S/c15-12(7-10-5-6-18-9-10)14(8-13(16)17)11-3-1-2-4-11/h5-6,9,11H,1-4,7-8H2,(H,16,17). The number of carbonyl (C=O) groups is 2. The zero-order chi connectivity index (χ0) is 13.0. The lowest BCUT2D eigenvalue weighted by Crippen LogP contribution is -2.43. The summed E-state index contributed by atoms with van der Waals surface area (Å²) in [6.45, 7) is -0.173. The fraction of sp³-hybridized carbons (Fsp3) is 0.538. The first-order valence-electron chi connectivity index (χ1n) is 6.19. The number of carbonyl (C=O) groups excluding carboxylic acids is 1. The maximum atomic E-state index is 12.2. The second-order valence-electron chi connectivity index (χ2n) is 4.66. The molecule has 1 aromatic heterocycles. The molecule has 98 valence electrons. The van der Waals surface area contributed by atoms with Crippen LogP contribution in [0.5, 0.6) is 0 Å². The lowest BCUT2D eigenvalue weighted by Gasteiger charge is -2.27. The van der Waals surface area contributed by atoms with E-state index in [-0.39, 0.29) is 18.5 Å². The highest BCUT2D eigenvalue weighted by molar-refractivity contribution is 7.07. The summed E-state index contributed by atoms with van der Waals surface area (Å²) in [5.41, 5.74) is 0.971. The molecule has 1 aromatic rings. The molecule has 4 nitrogen and oxygen atoms in total. The van der Waals surface area contributed by atoms with Gasteiger partial charge in [-0.25, -0.2) is 0 Å². The lowest BCUT2D eigenvalue weighted by molar-refractivity contribution is -0.145. The minimum Gasteiger partial charge on any atom is -0.480 e. The van der Waals surface area contributed by atoms with Gasteiger partial charge in [0.25, 0.3) is 0 Å². The van der Waals surface area contributed by atoms with Gasteiger partial charge in [-0.3, -0.25) is 9.59 Å². The highest BCUT2D eigenvalue weighted by Crippen LogP contribution is 2.24. The molecule has 1 saturated carbocycles. The SMILES string of the molecule is O=C(O)CN(C(=O)Cc1ccsc1)C1CCCC1. The van der Waals surface area contributed by atoms with Crippen LogP contribution in [0.1, 0.15) is 31.2 Å². The van der Waals surface area contributed by atoms with E-state index in [1.807, 2.05) is 16.8 Å². The van der Waals surface area contributed by atoms with Gasteiger partial charge in [-0.1, -0.05) is 12.8 Å². The monoisotopic (exact) mass is 267 g/mol. The Morgan fingerprint density at radius 2 is 2.11 bits per heavy atom. The zero-order valence-corrected chi connectivity index (χ0v) is 11.0. The summed E-state index contributed by atoms with van der Waals surface area (Å²) in [7, 11) is 0. The average molecular weight is 267 g/mol. The second kappa shape index (κ2) is 6.00. The number of carboxylic acids is 1. The normalized spacial score (nSPS) is 15.8. The number of nitrogens with zero attached hydrogens (tertiary/aromatic N) is 1. The Balaban J connectivity index is 2.02. The largest absolute Gasteiger partial charge is 0.480 e. The van der Waals surface area contributed by atoms with Crippen LogP contribution in [0.3, 0.4) is 0 Å². The van der Waals surface area contributed by atoms with Gasteiger partial charge in [-0.15, -0.1) is 0 Å². The zero-order valence-electron chi connectivity index (χ0n) is 10.2. The molecule has 0 unspecified atom stereocenters. The summed E-state index contributed by atoms with van der Waals surface area (Å²) in [4.78, 5) is 24.6. The van der Waals surface area contributed by atoms with E-state index in [0.717, 1.165) is 31.2 Å². The van der Waals surface area contributed by atoms with E-state index in [4.69, 9.17) is 5.11 Å². The topological polar surface area (TPSA) is 57.6 Å². The van der Waals surface area contributed by atoms with Crippen molar-refractivity contribution in [3.05, 3.63) is 22.4 Å². The van der Waals surface area contributed by atoms with Crippen LogP contribution < -0.4 is 0 Å². The first-order chi connectivity index (χ1) is 8.66. The van der Waals surface area contributed by atoms with Crippen LogP contribution >= 0.6 is 11.3 Å². The number of hydrogen-bond donors (Lipinski definition) is 1. The molecule has 0 aromatic carbocycles. The Morgan fingerprint density at radius 3 is 2.67 bits per heavy atom. The van der Waals surface area contributed by atoms with E-state index in [0.29, 0.717) is 6.42 Å². The summed E-state index contributed by atoms with van der Waals surface area (Å²) in [5, 5.41) is 12.8. The molecule has 1 N–H and O–H groups in total. The van der Waals surface area contributed by atoms with Crippen molar-refractivity contribution >= 4 is 23.2 Å². The Hall–Kier alpha value is -1.36. The molecule has 0 aliphatic heterocycles. The molecule has 1 heterocycles. The number of carboxylic acid groups (broad SMARTS) is 1. The third-order valence-electron chi connectivity index (χ3n) is 3.33. The number of rotatable bonds is 5. The Morgan fingerprint density at radius 1 is 1.39 bits per heavy atom. The molecule has 2 rings (SSSR count). The van der Waals surface area contributed by atoms with Crippen molar-refractivity contribution in [2.45, 2.75) is 38.1 Å². The minimum atomic E-state index is -0.930. The Kier molecular flexibility index (Phi) is 4.36. The molecule has 0 saturated heterocycles. The molecule has 0 spiro atoms. The highest BCUT2D eigenvalue weighted by Gasteiger charge is 2.28. The van der Waals surface area contributed by atoms with Crippen molar-refractivity contribution in [3.8, 4) is 0 Å². The third-order valence-corrected chi connectivity index (χ3v) is 4.06. The van der Waals surface area contributed by atoms with Crippen molar-refractivity contribution in [1.82, 2.24) is 4.90 Å². The molecule has 0 atom stereocenters. The second-order valence-corrected chi connectivity index (χ2v) is 5.44. The summed E-state index contributed by atoms with van der Waals surface area (Å²) < 4.78 is 0. The molecule has 1 fully saturated rings. The van der Waals surface area contributed by atoms with Crippen molar-refractivity contribution in [1.29, 1.82) is 0 Å². The minimum absolute atomic E-state index is 0.0669. The van der Waals surface area contributed by atoms with Gasteiger partial charge in [0, 0.05) is 6.04 Å². The van der Waals surface area contributed by atoms with Gasteiger partial charge in [0.1, 0.15) is 6.54 Å². The number of aliphatic carboxylic acids is 1. The maximum absolute atomic E-state index is 12.2. The molecular weight excluding hydrogens is 250 g/mol. The number of hydrogen-bond acceptors (Lipinski definition) is 3. The fourth-order valence-electron chi connectivity index (χ4n) is 2.45. The van der Waals surface area contributed by atoms with Gasteiger partial charge >= 0.3 is 5.97 Å². The average Bonchev–Trinajstić information content (AvgIpc) is 2.97. The van der Waals surface area contributed by atoms with Crippen LogP contribution in [0.15, 0.2) is 16.8 Å². The van der Waals surface area contributed by atoms with Gasteiger partial charge in [0.05, 0.1) is 6.42 Å². The Labute approximate surface area is 110 Å². The van der Waals surface area contributed by atoms with E-state index < -0.39 is 5.97 Å². The molecule has 18 heavy (non-hydrogen) atoms. The summed E-state index contributed by atoms with van der Waals surface area (Å²) in [6.07, 6.45) is 4.36. The van der Waals surface area contributed by atoms with E-state index in [1.54, 1.807) is 16.2 Å². The number of amides is 1. The van der Waals surface area contributed by atoms with Gasteiger partial charge < -0.3 is 10.0 Å². The van der Waals surface area contributed by atoms with Crippen LogP contribution in [0.25, 0.3) is 0 Å². The van der Waals surface area contributed by atoms with Gasteiger partial charge in [-0.05, 0) is 35.2 Å². The van der Waals surface area contributed by atoms with Crippen molar-refractivity contribution < 1.29 is 14.7 Å².